The highest BCUT2D eigenvalue weighted by Crippen LogP contribution is 2.41. The van der Waals surface area contributed by atoms with Gasteiger partial charge < -0.3 is 19.7 Å². The molecule has 2 N–H and O–H groups in total. The molecule has 0 spiro atoms. The van der Waals surface area contributed by atoms with E-state index in [9.17, 15) is 19.8 Å². The van der Waals surface area contributed by atoms with E-state index < -0.39 is 12.2 Å². The second-order valence-electron chi connectivity index (χ2n) is 9.98. The van der Waals surface area contributed by atoms with E-state index in [1.807, 2.05) is 13.0 Å². The molecule has 0 saturated carbocycles. The first kappa shape index (κ1) is 32.7. The van der Waals surface area contributed by atoms with Gasteiger partial charge in [-0.15, -0.1) is 11.8 Å². The molecule has 1 rings (SSSR count). The largest absolute Gasteiger partial charge is 0.466 e. The first-order valence-electron chi connectivity index (χ1n) is 14.1. The summed E-state index contributed by atoms with van der Waals surface area (Å²) in [4.78, 5) is 24.8. The Morgan fingerprint density at radius 3 is 2.47 bits per heavy atom. The zero-order valence-electron chi connectivity index (χ0n) is 23.0. The third-order valence-corrected chi connectivity index (χ3v) is 7.66. The minimum atomic E-state index is -0.671. The molecule has 0 aromatic heterocycles. The van der Waals surface area contributed by atoms with Gasteiger partial charge in [-0.2, -0.15) is 0 Å². The fourth-order valence-electron chi connectivity index (χ4n) is 4.20. The molecule has 6 nitrogen and oxygen atoms in total. The Morgan fingerprint density at radius 1 is 1.03 bits per heavy atom. The van der Waals surface area contributed by atoms with E-state index >= 15 is 0 Å². The van der Waals surface area contributed by atoms with Crippen molar-refractivity contribution in [2.24, 2.45) is 11.8 Å². The summed E-state index contributed by atoms with van der Waals surface area (Å²) in [5, 5.41) is 21.2. The molecule has 0 bridgehead atoms. The van der Waals surface area contributed by atoms with Crippen molar-refractivity contribution >= 4 is 23.7 Å². The van der Waals surface area contributed by atoms with E-state index in [0.717, 1.165) is 62.0 Å². The third-order valence-electron chi connectivity index (χ3n) is 6.36. The molecular weight excluding hydrogens is 476 g/mol. The molecule has 0 saturated heterocycles. The predicted octanol–water partition coefficient (Wildman–Crippen LogP) is 6.69. The maximum absolute atomic E-state index is 12.2. The summed E-state index contributed by atoms with van der Waals surface area (Å²) in [6.07, 6.45) is 12.9. The molecule has 0 fully saturated rings. The van der Waals surface area contributed by atoms with Crippen molar-refractivity contribution in [3.8, 4) is 0 Å². The number of hydrogen-bond acceptors (Lipinski definition) is 7. The summed E-state index contributed by atoms with van der Waals surface area (Å²) in [5.41, 5.74) is 0. The van der Waals surface area contributed by atoms with E-state index in [-0.39, 0.29) is 17.9 Å². The molecular formula is C29H50O6S. The van der Waals surface area contributed by atoms with E-state index in [1.54, 1.807) is 17.8 Å². The van der Waals surface area contributed by atoms with Crippen LogP contribution in [0.25, 0.3) is 0 Å². The van der Waals surface area contributed by atoms with Crippen molar-refractivity contribution in [3.05, 3.63) is 22.8 Å². The van der Waals surface area contributed by atoms with Crippen LogP contribution in [-0.2, 0) is 19.1 Å². The molecule has 4 atom stereocenters. The van der Waals surface area contributed by atoms with Crippen LogP contribution in [0, 0.1) is 11.8 Å². The van der Waals surface area contributed by atoms with Crippen LogP contribution in [0.5, 0.6) is 0 Å². The Labute approximate surface area is 223 Å². The molecule has 7 heteroatoms. The SMILES string of the molecule is CCCCOC(=O)CCCCCSC1=C(OC(=O)CCC)C[C@@H](O)[C@@H]1C=C[C@@H](O)C[C@H](C)CCCC. The lowest BCUT2D eigenvalue weighted by Gasteiger charge is -2.17. The summed E-state index contributed by atoms with van der Waals surface area (Å²) in [7, 11) is 0. The number of ether oxygens (including phenoxy) is 2. The molecule has 0 aromatic carbocycles. The molecule has 0 aromatic rings. The van der Waals surface area contributed by atoms with Crippen molar-refractivity contribution in [1.29, 1.82) is 0 Å². The summed E-state index contributed by atoms with van der Waals surface area (Å²) >= 11 is 1.61. The summed E-state index contributed by atoms with van der Waals surface area (Å²) in [5.74, 6) is 1.13. The smallest absolute Gasteiger partial charge is 0.310 e. The van der Waals surface area contributed by atoms with Crippen LogP contribution >= 0.6 is 11.8 Å². The van der Waals surface area contributed by atoms with Gasteiger partial charge in [-0.1, -0.05) is 72.0 Å². The van der Waals surface area contributed by atoms with Gasteiger partial charge in [0.2, 0.25) is 0 Å². The molecule has 0 amide bonds. The van der Waals surface area contributed by atoms with Gasteiger partial charge >= 0.3 is 11.9 Å². The average molecular weight is 527 g/mol. The molecule has 208 valence electrons. The highest BCUT2D eigenvalue weighted by atomic mass is 32.2. The fraction of sp³-hybridized carbons (Fsp3) is 0.793. The second-order valence-corrected chi connectivity index (χ2v) is 11.1. The Morgan fingerprint density at radius 2 is 1.78 bits per heavy atom. The molecule has 0 aliphatic heterocycles. The minimum Gasteiger partial charge on any atom is -0.466 e. The number of unbranched alkanes of at least 4 members (excludes halogenated alkanes) is 4. The highest BCUT2D eigenvalue weighted by molar-refractivity contribution is 8.03. The van der Waals surface area contributed by atoms with Crippen LogP contribution in [-0.4, -0.2) is 46.7 Å². The van der Waals surface area contributed by atoms with Crippen molar-refractivity contribution < 1.29 is 29.3 Å². The monoisotopic (exact) mass is 526 g/mol. The van der Waals surface area contributed by atoms with Gasteiger partial charge in [0.25, 0.3) is 0 Å². The number of carbonyl (C=O) groups excluding carboxylic acids is 2. The lowest BCUT2D eigenvalue weighted by molar-refractivity contribution is -0.144. The van der Waals surface area contributed by atoms with Gasteiger partial charge in [-0.25, -0.2) is 0 Å². The van der Waals surface area contributed by atoms with Crippen molar-refractivity contribution in [2.75, 3.05) is 12.4 Å². The third kappa shape index (κ3) is 13.8. The molecule has 0 radical (unpaired) electrons. The predicted molar refractivity (Wildman–Crippen MR) is 147 cm³/mol. The minimum absolute atomic E-state index is 0.129. The number of hydrogen-bond donors (Lipinski definition) is 2. The van der Waals surface area contributed by atoms with Gasteiger partial charge in [-0.3, -0.25) is 9.59 Å². The fourth-order valence-corrected chi connectivity index (χ4v) is 5.48. The summed E-state index contributed by atoms with van der Waals surface area (Å²) < 4.78 is 10.8. The maximum atomic E-state index is 12.2. The van der Waals surface area contributed by atoms with Gasteiger partial charge in [0.1, 0.15) is 5.76 Å². The average Bonchev–Trinajstić information content (AvgIpc) is 3.12. The van der Waals surface area contributed by atoms with Gasteiger partial charge in [0, 0.05) is 30.1 Å². The second kappa shape index (κ2) is 19.8. The number of rotatable bonds is 20. The van der Waals surface area contributed by atoms with Crippen LogP contribution in [0.15, 0.2) is 22.8 Å². The zero-order chi connectivity index (χ0) is 26.8. The summed E-state index contributed by atoms with van der Waals surface area (Å²) in [6, 6.07) is 0. The van der Waals surface area contributed by atoms with Crippen molar-refractivity contribution in [2.45, 2.75) is 123 Å². The van der Waals surface area contributed by atoms with Crippen LogP contribution < -0.4 is 0 Å². The zero-order valence-corrected chi connectivity index (χ0v) is 23.8. The van der Waals surface area contributed by atoms with Gasteiger partial charge in [0.05, 0.1) is 18.8 Å². The lowest BCUT2D eigenvalue weighted by Crippen LogP contribution is -2.15. The van der Waals surface area contributed by atoms with Crippen LogP contribution in [0.4, 0.5) is 0 Å². The molecule has 1 aliphatic carbocycles. The Kier molecular flexibility index (Phi) is 18.0. The first-order chi connectivity index (χ1) is 17.3. The molecule has 1 aliphatic rings. The van der Waals surface area contributed by atoms with Gasteiger partial charge in [0.15, 0.2) is 0 Å². The standard InChI is InChI=1S/C29H50O6S/c1-5-8-14-22(4)20-23(30)16-17-24-25(31)21-26(35-28(33)13-7-3)29(24)36-19-12-10-11-15-27(32)34-18-9-6-2/h16-17,22-25,30-31H,5-15,18-21H2,1-4H3/t22-,23-,24+,25-/m1/s1. The summed E-state index contributed by atoms with van der Waals surface area (Å²) in [6.45, 7) is 8.83. The molecule has 0 heterocycles. The van der Waals surface area contributed by atoms with Crippen LogP contribution in [0.2, 0.25) is 0 Å². The van der Waals surface area contributed by atoms with E-state index in [1.165, 1.54) is 0 Å². The quantitative estimate of drug-likeness (QED) is 0.104. The van der Waals surface area contributed by atoms with Gasteiger partial charge in [-0.05, 0) is 43.8 Å². The first-order valence-corrected chi connectivity index (χ1v) is 15.1. The molecule has 36 heavy (non-hydrogen) atoms. The van der Waals surface area contributed by atoms with Crippen LogP contribution in [0.1, 0.15) is 111 Å². The van der Waals surface area contributed by atoms with E-state index in [4.69, 9.17) is 9.47 Å². The maximum Gasteiger partial charge on any atom is 0.310 e. The Balaban J connectivity index is 2.66. The Bertz CT molecular complexity index is 689. The highest BCUT2D eigenvalue weighted by Gasteiger charge is 2.34. The topological polar surface area (TPSA) is 93.1 Å². The van der Waals surface area contributed by atoms with Crippen LogP contribution in [0.3, 0.4) is 0 Å². The number of aliphatic hydroxyl groups is 2. The number of carbonyl (C=O) groups is 2. The van der Waals surface area contributed by atoms with E-state index in [0.29, 0.717) is 50.4 Å². The van der Waals surface area contributed by atoms with Crippen molar-refractivity contribution in [3.63, 3.8) is 0 Å². The lowest BCUT2D eigenvalue weighted by atomic mass is 9.96. The molecule has 0 unspecified atom stereocenters. The van der Waals surface area contributed by atoms with Crippen molar-refractivity contribution in [1.82, 2.24) is 0 Å². The Hall–Kier alpha value is -1.31. The normalized spacial score (nSPS) is 19.6. The number of aliphatic hydroxyl groups excluding tert-OH is 2. The number of esters is 2. The number of thioether (sulfide) groups is 1. The van der Waals surface area contributed by atoms with E-state index in [2.05, 4.69) is 20.8 Å².